The molecule has 0 spiro atoms. The van der Waals surface area contributed by atoms with Gasteiger partial charge in [-0.2, -0.15) is 0 Å². The van der Waals surface area contributed by atoms with Crippen LogP contribution in [0, 0.1) is 5.92 Å². The minimum absolute atomic E-state index is 0.0261. The van der Waals surface area contributed by atoms with Crippen LogP contribution in [0.25, 0.3) is 11.1 Å². The molecule has 5 nitrogen and oxygen atoms in total. The van der Waals surface area contributed by atoms with Crippen LogP contribution in [0.4, 0.5) is 0 Å². The molecular formula is C28H29NO4. The van der Waals surface area contributed by atoms with E-state index in [1.165, 1.54) is 7.11 Å². The molecule has 3 aromatic rings. The van der Waals surface area contributed by atoms with Gasteiger partial charge in [0.15, 0.2) is 0 Å². The molecule has 1 unspecified atom stereocenters. The third-order valence-electron chi connectivity index (χ3n) is 6.44. The molecule has 0 aliphatic carbocycles. The van der Waals surface area contributed by atoms with Gasteiger partial charge in [-0.3, -0.25) is 9.59 Å². The zero-order valence-corrected chi connectivity index (χ0v) is 19.1. The summed E-state index contributed by atoms with van der Waals surface area (Å²) in [5, 5.41) is 0. The minimum Gasteiger partial charge on any atom is -0.497 e. The molecule has 3 aromatic carbocycles. The molecule has 1 aliphatic heterocycles. The summed E-state index contributed by atoms with van der Waals surface area (Å²) in [4.78, 5) is 27.7. The fourth-order valence-corrected chi connectivity index (χ4v) is 4.62. The summed E-state index contributed by atoms with van der Waals surface area (Å²) in [6, 6.07) is 25.3. The van der Waals surface area contributed by atoms with Gasteiger partial charge in [0.1, 0.15) is 5.75 Å². The van der Waals surface area contributed by atoms with Gasteiger partial charge in [-0.15, -0.1) is 0 Å². The second-order valence-electron chi connectivity index (χ2n) is 8.35. The van der Waals surface area contributed by atoms with Crippen molar-refractivity contribution in [2.75, 3.05) is 27.3 Å². The number of nitrogens with zero attached hydrogens (tertiary/aromatic N) is 1. The Hall–Kier alpha value is -3.60. The minimum atomic E-state index is -0.299. The van der Waals surface area contributed by atoms with E-state index in [0.717, 1.165) is 35.3 Å². The van der Waals surface area contributed by atoms with E-state index in [-0.39, 0.29) is 23.7 Å². The third-order valence-corrected chi connectivity index (χ3v) is 6.44. The Kier molecular flexibility index (Phi) is 7.08. The van der Waals surface area contributed by atoms with Crippen molar-refractivity contribution in [3.05, 3.63) is 90.0 Å². The van der Waals surface area contributed by atoms with Crippen LogP contribution in [-0.2, 0) is 9.53 Å². The lowest BCUT2D eigenvalue weighted by Gasteiger charge is -2.35. The number of piperidine rings is 1. The topological polar surface area (TPSA) is 55.8 Å². The number of likely N-dealkylation sites (tertiary alicyclic amines) is 1. The van der Waals surface area contributed by atoms with Crippen LogP contribution < -0.4 is 4.74 Å². The van der Waals surface area contributed by atoms with Crippen molar-refractivity contribution >= 4 is 11.9 Å². The predicted octanol–water partition coefficient (Wildman–Crippen LogP) is 5.17. The molecule has 1 atom stereocenters. The summed E-state index contributed by atoms with van der Waals surface area (Å²) < 4.78 is 10.3. The Morgan fingerprint density at radius 3 is 2.18 bits per heavy atom. The summed E-state index contributed by atoms with van der Waals surface area (Å²) in [7, 11) is 3.08. The van der Waals surface area contributed by atoms with Gasteiger partial charge in [0, 0.05) is 18.7 Å². The average Bonchev–Trinajstić information content (AvgIpc) is 2.89. The average molecular weight is 444 g/mol. The van der Waals surface area contributed by atoms with Crippen LogP contribution in [0.1, 0.15) is 34.7 Å². The van der Waals surface area contributed by atoms with E-state index in [1.807, 2.05) is 83.8 Å². The Labute approximate surface area is 194 Å². The van der Waals surface area contributed by atoms with E-state index in [1.54, 1.807) is 7.11 Å². The zero-order valence-electron chi connectivity index (χ0n) is 19.1. The van der Waals surface area contributed by atoms with Crippen molar-refractivity contribution in [3.8, 4) is 16.9 Å². The number of benzene rings is 3. The van der Waals surface area contributed by atoms with Crippen LogP contribution in [-0.4, -0.2) is 44.1 Å². The van der Waals surface area contributed by atoms with Crippen molar-refractivity contribution in [3.63, 3.8) is 0 Å². The molecule has 5 heteroatoms. The first-order chi connectivity index (χ1) is 16.1. The third kappa shape index (κ3) is 5.08. The maximum atomic E-state index is 13.2. The lowest BCUT2D eigenvalue weighted by molar-refractivity contribution is -0.144. The van der Waals surface area contributed by atoms with Crippen LogP contribution in [0.5, 0.6) is 5.75 Å². The molecule has 0 bridgehead atoms. The molecule has 170 valence electrons. The maximum Gasteiger partial charge on any atom is 0.313 e. The smallest absolute Gasteiger partial charge is 0.313 e. The zero-order chi connectivity index (χ0) is 23.2. The number of carbonyl (C=O) groups is 2. The molecule has 1 amide bonds. The summed E-state index contributed by atoms with van der Waals surface area (Å²) >= 11 is 0. The molecule has 4 rings (SSSR count). The SMILES string of the molecule is COC(=O)C(c1ccccc1)C1CCN(C(=O)c2cccc(-c3ccc(OC)cc3)c2)CC1. The number of carbonyl (C=O) groups excluding carboxylic acids is 2. The summed E-state index contributed by atoms with van der Waals surface area (Å²) in [5.41, 5.74) is 3.68. The highest BCUT2D eigenvalue weighted by Crippen LogP contribution is 2.34. The lowest BCUT2D eigenvalue weighted by atomic mass is 9.80. The normalized spacial score (nSPS) is 15.0. The number of rotatable bonds is 6. The predicted molar refractivity (Wildman–Crippen MR) is 128 cm³/mol. The van der Waals surface area contributed by atoms with Crippen molar-refractivity contribution in [1.82, 2.24) is 4.90 Å². The van der Waals surface area contributed by atoms with E-state index in [2.05, 4.69) is 0 Å². The highest BCUT2D eigenvalue weighted by atomic mass is 16.5. The Morgan fingerprint density at radius 1 is 0.848 bits per heavy atom. The number of hydrogen-bond donors (Lipinski definition) is 0. The van der Waals surface area contributed by atoms with Crippen LogP contribution >= 0.6 is 0 Å². The first kappa shape index (κ1) is 22.6. The highest BCUT2D eigenvalue weighted by molar-refractivity contribution is 5.95. The fraction of sp³-hybridized carbons (Fsp3) is 0.286. The fourth-order valence-electron chi connectivity index (χ4n) is 4.62. The molecule has 0 aromatic heterocycles. The molecule has 1 heterocycles. The molecule has 33 heavy (non-hydrogen) atoms. The Morgan fingerprint density at radius 2 is 1.55 bits per heavy atom. The summed E-state index contributed by atoms with van der Waals surface area (Å²) in [5.74, 6) is 0.465. The number of methoxy groups -OCH3 is 2. The molecule has 1 fully saturated rings. The van der Waals surface area contributed by atoms with Gasteiger partial charge >= 0.3 is 5.97 Å². The Bertz CT molecular complexity index is 1090. The van der Waals surface area contributed by atoms with Gasteiger partial charge in [0.25, 0.3) is 5.91 Å². The van der Waals surface area contributed by atoms with E-state index >= 15 is 0 Å². The first-order valence-corrected chi connectivity index (χ1v) is 11.3. The summed E-state index contributed by atoms with van der Waals surface area (Å²) in [6.07, 6.45) is 1.52. The second-order valence-corrected chi connectivity index (χ2v) is 8.35. The van der Waals surface area contributed by atoms with Crippen molar-refractivity contribution in [1.29, 1.82) is 0 Å². The molecular weight excluding hydrogens is 414 g/mol. The number of esters is 1. The highest BCUT2D eigenvalue weighted by Gasteiger charge is 2.34. The number of ether oxygens (including phenoxy) is 2. The standard InChI is InChI=1S/C28H29NO4/c1-32-25-13-11-20(12-14-25)23-9-6-10-24(19-23)27(30)29-17-15-22(16-18-29)26(28(31)33-2)21-7-4-3-5-8-21/h3-14,19,22,26H,15-18H2,1-2H3. The van der Waals surface area contributed by atoms with E-state index in [4.69, 9.17) is 9.47 Å². The molecule has 1 saturated heterocycles. The van der Waals surface area contributed by atoms with E-state index in [0.29, 0.717) is 18.7 Å². The monoisotopic (exact) mass is 443 g/mol. The summed E-state index contributed by atoms with van der Waals surface area (Å²) in [6.45, 7) is 1.24. The Balaban J connectivity index is 1.45. The number of amides is 1. The van der Waals surface area contributed by atoms with Crippen molar-refractivity contribution in [2.45, 2.75) is 18.8 Å². The van der Waals surface area contributed by atoms with Gasteiger partial charge in [-0.25, -0.2) is 0 Å². The second kappa shape index (κ2) is 10.3. The first-order valence-electron chi connectivity index (χ1n) is 11.3. The quantitative estimate of drug-likeness (QED) is 0.493. The van der Waals surface area contributed by atoms with Gasteiger partial charge in [0.2, 0.25) is 0 Å². The molecule has 1 aliphatic rings. The van der Waals surface area contributed by atoms with Gasteiger partial charge in [-0.1, -0.05) is 54.6 Å². The van der Waals surface area contributed by atoms with Gasteiger partial charge < -0.3 is 14.4 Å². The lowest BCUT2D eigenvalue weighted by Crippen LogP contribution is -2.41. The molecule has 0 saturated carbocycles. The maximum absolute atomic E-state index is 13.2. The number of hydrogen-bond acceptors (Lipinski definition) is 4. The van der Waals surface area contributed by atoms with Crippen LogP contribution in [0.2, 0.25) is 0 Å². The van der Waals surface area contributed by atoms with Crippen LogP contribution in [0.3, 0.4) is 0 Å². The van der Waals surface area contributed by atoms with Crippen molar-refractivity contribution < 1.29 is 19.1 Å². The van der Waals surface area contributed by atoms with Gasteiger partial charge in [-0.05, 0) is 59.7 Å². The van der Waals surface area contributed by atoms with Crippen molar-refractivity contribution in [2.24, 2.45) is 5.92 Å². The van der Waals surface area contributed by atoms with Crippen LogP contribution in [0.15, 0.2) is 78.9 Å². The van der Waals surface area contributed by atoms with E-state index in [9.17, 15) is 9.59 Å². The molecule has 0 N–H and O–H groups in total. The largest absolute Gasteiger partial charge is 0.497 e. The van der Waals surface area contributed by atoms with E-state index < -0.39 is 0 Å². The molecule has 0 radical (unpaired) electrons. The van der Waals surface area contributed by atoms with Gasteiger partial charge in [0.05, 0.1) is 20.1 Å².